The van der Waals surface area contributed by atoms with E-state index in [0.717, 1.165) is 39.5 Å². The van der Waals surface area contributed by atoms with Crippen molar-refractivity contribution >= 4 is 5.91 Å². The first kappa shape index (κ1) is 20.8. The van der Waals surface area contributed by atoms with Gasteiger partial charge in [0.15, 0.2) is 0 Å². The van der Waals surface area contributed by atoms with Crippen molar-refractivity contribution in [3.63, 3.8) is 0 Å². The molecule has 0 radical (unpaired) electrons. The van der Waals surface area contributed by atoms with Crippen molar-refractivity contribution in [2.45, 2.75) is 19.4 Å². The minimum Gasteiger partial charge on any atom is -0.487 e. The molecule has 4 aromatic rings. The number of nitrogens with one attached hydrogen (secondary N) is 1. The first-order chi connectivity index (χ1) is 16.1. The number of benzene rings is 2. The van der Waals surface area contributed by atoms with Crippen LogP contribution in [-0.4, -0.2) is 35.9 Å². The summed E-state index contributed by atoms with van der Waals surface area (Å²) in [4.78, 5) is 12.7. The molecular weight excluding hydrogens is 418 g/mol. The number of rotatable bonds is 6. The van der Waals surface area contributed by atoms with E-state index in [0.29, 0.717) is 24.4 Å². The normalized spacial score (nSPS) is 14.4. The van der Waals surface area contributed by atoms with E-state index >= 15 is 0 Å². The van der Waals surface area contributed by atoms with Crippen LogP contribution in [0.1, 0.15) is 21.5 Å². The third kappa shape index (κ3) is 4.30. The third-order valence-corrected chi connectivity index (χ3v) is 5.61. The summed E-state index contributed by atoms with van der Waals surface area (Å²) in [6, 6.07) is 18.9. The Hall–Kier alpha value is -4.13. The number of hydrogen-bond donors (Lipinski definition) is 1. The van der Waals surface area contributed by atoms with Crippen LogP contribution in [0.15, 0.2) is 71.3 Å². The van der Waals surface area contributed by atoms with Crippen LogP contribution in [0.5, 0.6) is 11.6 Å². The molecule has 0 spiro atoms. The van der Waals surface area contributed by atoms with Gasteiger partial charge >= 0.3 is 0 Å². The molecule has 1 atom stereocenters. The zero-order chi connectivity index (χ0) is 22.8. The SMILES string of the molecule is COc1ccc(-c2cc(C)cc3c2O[C@H](CNC(=O)c2ccc(-c4ccco4)cc2)C3)nn1. The Morgan fingerprint density at radius 2 is 1.97 bits per heavy atom. The molecule has 2 aromatic carbocycles. The highest BCUT2D eigenvalue weighted by Crippen LogP contribution is 2.39. The maximum atomic E-state index is 12.7. The third-order valence-electron chi connectivity index (χ3n) is 5.61. The van der Waals surface area contributed by atoms with Crippen molar-refractivity contribution in [3.05, 3.63) is 83.6 Å². The van der Waals surface area contributed by atoms with E-state index in [-0.39, 0.29) is 12.0 Å². The van der Waals surface area contributed by atoms with Gasteiger partial charge in [0.1, 0.15) is 17.6 Å². The first-order valence-corrected chi connectivity index (χ1v) is 10.7. The average molecular weight is 441 g/mol. The number of furan rings is 1. The molecule has 0 unspecified atom stereocenters. The van der Waals surface area contributed by atoms with E-state index in [1.165, 1.54) is 0 Å². The number of aryl methyl sites for hydroxylation is 1. The van der Waals surface area contributed by atoms with Crippen molar-refractivity contribution < 1.29 is 18.7 Å². The largest absolute Gasteiger partial charge is 0.487 e. The Balaban J connectivity index is 1.26. The summed E-state index contributed by atoms with van der Waals surface area (Å²) in [5, 5.41) is 11.3. The van der Waals surface area contributed by atoms with Crippen molar-refractivity contribution in [1.82, 2.24) is 15.5 Å². The smallest absolute Gasteiger partial charge is 0.251 e. The molecule has 2 aromatic heterocycles. The summed E-state index contributed by atoms with van der Waals surface area (Å²) < 4.78 is 16.7. The number of fused-ring (bicyclic) bond motifs is 1. The zero-order valence-electron chi connectivity index (χ0n) is 18.4. The van der Waals surface area contributed by atoms with Crippen LogP contribution in [-0.2, 0) is 6.42 Å². The van der Waals surface area contributed by atoms with Crippen LogP contribution in [0.4, 0.5) is 0 Å². The quantitative estimate of drug-likeness (QED) is 0.476. The monoisotopic (exact) mass is 441 g/mol. The van der Waals surface area contributed by atoms with Gasteiger partial charge in [-0.2, -0.15) is 0 Å². The minimum absolute atomic E-state index is 0.141. The molecule has 0 aliphatic carbocycles. The van der Waals surface area contributed by atoms with Gasteiger partial charge in [0.05, 0.1) is 25.6 Å². The second-order valence-corrected chi connectivity index (χ2v) is 7.97. The molecule has 1 aliphatic rings. The summed E-state index contributed by atoms with van der Waals surface area (Å²) in [7, 11) is 1.56. The van der Waals surface area contributed by atoms with Crippen LogP contribution >= 0.6 is 0 Å². The number of amides is 1. The van der Waals surface area contributed by atoms with E-state index < -0.39 is 0 Å². The number of carbonyl (C=O) groups excluding carboxylic acids is 1. The van der Waals surface area contributed by atoms with Gasteiger partial charge in [-0.15, -0.1) is 10.2 Å². The lowest BCUT2D eigenvalue weighted by Crippen LogP contribution is -2.34. The van der Waals surface area contributed by atoms with E-state index in [1.807, 2.05) is 43.3 Å². The summed E-state index contributed by atoms with van der Waals surface area (Å²) in [5.74, 6) is 1.88. The fraction of sp³-hybridized carbons (Fsp3) is 0.192. The lowest BCUT2D eigenvalue weighted by Gasteiger charge is -2.14. The number of methoxy groups -OCH3 is 1. The molecule has 5 rings (SSSR count). The van der Waals surface area contributed by atoms with Crippen molar-refractivity contribution in [2.24, 2.45) is 0 Å². The van der Waals surface area contributed by atoms with Crippen LogP contribution in [0, 0.1) is 6.92 Å². The summed E-state index contributed by atoms with van der Waals surface area (Å²) in [6.45, 7) is 2.45. The van der Waals surface area contributed by atoms with Crippen molar-refractivity contribution in [3.8, 4) is 34.2 Å². The summed E-state index contributed by atoms with van der Waals surface area (Å²) in [6.07, 6.45) is 2.19. The van der Waals surface area contributed by atoms with Gasteiger partial charge in [-0.05, 0) is 54.4 Å². The molecule has 166 valence electrons. The van der Waals surface area contributed by atoms with Gasteiger partial charge in [0, 0.05) is 29.2 Å². The fourth-order valence-electron chi connectivity index (χ4n) is 4.01. The molecule has 7 heteroatoms. The number of nitrogens with zero attached hydrogens (tertiary/aromatic N) is 2. The molecule has 0 bridgehead atoms. The lowest BCUT2D eigenvalue weighted by atomic mass is 10.0. The summed E-state index contributed by atoms with van der Waals surface area (Å²) >= 11 is 0. The topological polar surface area (TPSA) is 86.5 Å². The van der Waals surface area contributed by atoms with Gasteiger partial charge in [-0.1, -0.05) is 18.2 Å². The molecule has 0 saturated carbocycles. The van der Waals surface area contributed by atoms with E-state index in [9.17, 15) is 4.79 Å². The van der Waals surface area contributed by atoms with E-state index in [4.69, 9.17) is 13.9 Å². The highest BCUT2D eigenvalue weighted by Gasteiger charge is 2.27. The molecule has 1 aliphatic heterocycles. The van der Waals surface area contributed by atoms with Gasteiger partial charge in [0.2, 0.25) is 5.88 Å². The first-order valence-electron chi connectivity index (χ1n) is 10.7. The Morgan fingerprint density at radius 3 is 2.67 bits per heavy atom. The Kier molecular flexibility index (Phi) is 5.52. The minimum atomic E-state index is -0.155. The highest BCUT2D eigenvalue weighted by molar-refractivity contribution is 5.94. The molecule has 7 nitrogen and oxygen atoms in total. The standard InChI is InChI=1S/C26H23N3O4/c1-16-12-19-14-20(33-25(19)21(13-16)22-9-10-24(31-2)29-28-22)15-27-26(30)18-7-5-17(6-8-18)23-4-3-11-32-23/h3-13,20H,14-15H2,1-2H3,(H,27,30)/t20-/m0/s1. The van der Waals surface area contributed by atoms with Gasteiger partial charge in [-0.3, -0.25) is 4.79 Å². The predicted octanol–water partition coefficient (Wildman–Crippen LogP) is 4.45. The Bertz CT molecular complexity index is 1270. The second kappa shape index (κ2) is 8.78. The van der Waals surface area contributed by atoms with Crippen molar-refractivity contribution in [1.29, 1.82) is 0 Å². The Morgan fingerprint density at radius 1 is 1.12 bits per heavy atom. The molecule has 3 heterocycles. The van der Waals surface area contributed by atoms with Crippen LogP contribution < -0.4 is 14.8 Å². The molecular formula is C26H23N3O4. The summed E-state index contributed by atoms with van der Waals surface area (Å²) in [5.41, 5.74) is 5.34. The fourth-order valence-corrected chi connectivity index (χ4v) is 4.01. The number of carbonyl (C=O) groups is 1. The van der Waals surface area contributed by atoms with Gasteiger partial charge in [-0.25, -0.2) is 0 Å². The molecule has 1 amide bonds. The number of ether oxygens (including phenoxy) is 2. The maximum Gasteiger partial charge on any atom is 0.251 e. The predicted molar refractivity (Wildman–Crippen MR) is 123 cm³/mol. The van der Waals surface area contributed by atoms with Gasteiger partial charge in [0.25, 0.3) is 5.91 Å². The Labute approximate surface area is 191 Å². The van der Waals surface area contributed by atoms with Crippen LogP contribution in [0.25, 0.3) is 22.6 Å². The maximum absolute atomic E-state index is 12.7. The number of aromatic nitrogens is 2. The van der Waals surface area contributed by atoms with Crippen LogP contribution in [0.2, 0.25) is 0 Å². The highest BCUT2D eigenvalue weighted by atomic mass is 16.5. The molecule has 33 heavy (non-hydrogen) atoms. The van der Waals surface area contributed by atoms with E-state index in [2.05, 4.69) is 21.6 Å². The van der Waals surface area contributed by atoms with Gasteiger partial charge < -0.3 is 19.2 Å². The number of hydrogen-bond acceptors (Lipinski definition) is 6. The zero-order valence-corrected chi connectivity index (χ0v) is 18.4. The second-order valence-electron chi connectivity index (χ2n) is 7.97. The molecule has 0 fully saturated rings. The van der Waals surface area contributed by atoms with E-state index in [1.54, 1.807) is 31.6 Å². The van der Waals surface area contributed by atoms with Crippen LogP contribution in [0.3, 0.4) is 0 Å². The van der Waals surface area contributed by atoms with Crippen molar-refractivity contribution in [2.75, 3.05) is 13.7 Å². The molecule has 1 N–H and O–H groups in total. The molecule has 0 saturated heterocycles. The average Bonchev–Trinajstić information content (AvgIpc) is 3.52. The lowest BCUT2D eigenvalue weighted by molar-refractivity contribution is 0.0933.